The van der Waals surface area contributed by atoms with E-state index in [1.54, 1.807) is 0 Å². The molecule has 0 unspecified atom stereocenters. The van der Waals surface area contributed by atoms with Gasteiger partial charge < -0.3 is 0 Å². The molecule has 0 saturated carbocycles. The van der Waals surface area contributed by atoms with Crippen LogP contribution in [0.4, 0.5) is 0 Å². The lowest BCUT2D eigenvalue weighted by Gasteiger charge is -2.13. The Morgan fingerprint density at radius 1 is 0.309 bits per heavy atom. The van der Waals surface area contributed by atoms with E-state index < -0.39 is 0 Å². The first-order chi connectivity index (χ1) is 27.3. The molecule has 0 radical (unpaired) electrons. The molecule has 2 aromatic heterocycles. The van der Waals surface area contributed by atoms with Gasteiger partial charge in [-0.05, 0) is 72.8 Å². The Bertz CT molecular complexity index is 3220. The van der Waals surface area contributed by atoms with Crippen molar-refractivity contribution in [2.75, 3.05) is 0 Å². The van der Waals surface area contributed by atoms with Crippen molar-refractivity contribution in [1.82, 2.24) is 19.5 Å². The summed E-state index contributed by atoms with van der Waals surface area (Å²) in [5.41, 5.74) is 8.67. The summed E-state index contributed by atoms with van der Waals surface area (Å²) in [5, 5.41) is 9.44. The largest absolute Gasteiger partial charge is 0.278 e. The van der Waals surface area contributed by atoms with Crippen LogP contribution in [0, 0.1) is 0 Å². The normalized spacial score (nSPS) is 11.6. The average Bonchev–Trinajstić information content (AvgIpc) is 3.61. The third-order valence-corrected chi connectivity index (χ3v) is 10.8. The van der Waals surface area contributed by atoms with Crippen molar-refractivity contribution in [2.45, 2.75) is 0 Å². The molecule has 11 aromatic rings. The highest BCUT2D eigenvalue weighted by atomic mass is 15.2. The van der Waals surface area contributed by atoms with Crippen molar-refractivity contribution in [3.8, 4) is 51.0 Å². The predicted molar refractivity (Wildman–Crippen MR) is 228 cm³/mol. The first-order valence-corrected chi connectivity index (χ1v) is 18.6. The first kappa shape index (κ1) is 31.1. The molecule has 0 aliphatic carbocycles. The number of fused-ring (bicyclic) bond motifs is 8. The van der Waals surface area contributed by atoms with Gasteiger partial charge in [-0.1, -0.05) is 176 Å². The summed E-state index contributed by atoms with van der Waals surface area (Å²) < 4.78 is 2.26. The van der Waals surface area contributed by atoms with Gasteiger partial charge in [0.25, 0.3) is 0 Å². The van der Waals surface area contributed by atoms with E-state index in [-0.39, 0.29) is 0 Å². The molecule has 2 heterocycles. The molecule has 0 amide bonds. The summed E-state index contributed by atoms with van der Waals surface area (Å²) >= 11 is 0. The molecular formula is C51H32N4. The molecule has 0 fully saturated rings. The van der Waals surface area contributed by atoms with Gasteiger partial charge in [-0.3, -0.25) is 4.57 Å². The zero-order valence-corrected chi connectivity index (χ0v) is 29.8. The van der Waals surface area contributed by atoms with Crippen LogP contribution in [0.15, 0.2) is 194 Å². The Labute approximate surface area is 317 Å². The van der Waals surface area contributed by atoms with Crippen molar-refractivity contribution in [3.63, 3.8) is 0 Å². The van der Waals surface area contributed by atoms with Crippen molar-refractivity contribution < 1.29 is 0 Å². The molecule has 4 heteroatoms. The Morgan fingerprint density at radius 2 is 0.855 bits per heavy atom. The summed E-state index contributed by atoms with van der Waals surface area (Å²) in [6, 6.07) is 68.7. The van der Waals surface area contributed by atoms with Crippen molar-refractivity contribution in [3.05, 3.63) is 194 Å². The van der Waals surface area contributed by atoms with Gasteiger partial charge in [0.1, 0.15) is 0 Å². The van der Waals surface area contributed by atoms with E-state index in [0.29, 0.717) is 17.6 Å². The van der Waals surface area contributed by atoms with E-state index >= 15 is 0 Å². The van der Waals surface area contributed by atoms with Gasteiger partial charge in [-0.2, -0.15) is 9.97 Å². The molecule has 4 nitrogen and oxygen atoms in total. The Morgan fingerprint density at radius 3 is 1.58 bits per heavy atom. The lowest BCUT2D eigenvalue weighted by atomic mass is 9.92. The van der Waals surface area contributed by atoms with Crippen LogP contribution in [0.5, 0.6) is 0 Å². The minimum atomic E-state index is 0.574. The maximum atomic E-state index is 5.35. The molecule has 0 atom stereocenters. The van der Waals surface area contributed by atoms with Crippen LogP contribution in [0.2, 0.25) is 0 Å². The lowest BCUT2D eigenvalue weighted by Crippen LogP contribution is -2.06. The maximum Gasteiger partial charge on any atom is 0.238 e. The number of benzene rings is 9. The van der Waals surface area contributed by atoms with E-state index in [1.165, 1.54) is 48.8 Å². The van der Waals surface area contributed by atoms with Gasteiger partial charge in [0.05, 0.1) is 11.0 Å². The number of rotatable bonds is 5. The highest BCUT2D eigenvalue weighted by Crippen LogP contribution is 2.45. The minimum absolute atomic E-state index is 0.574. The SMILES string of the molecule is c1ccc(-c2nc(-c3ccc4ccccc4c3)nc(-n3c4ccc5c(-c6ccccc6)cccc5c4c4c5ccccc5c(-c5ccccc5)cc43)n2)cc1. The average molecular weight is 701 g/mol. The van der Waals surface area contributed by atoms with Crippen LogP contribution in [0.1, 0.15) is 0 Å². The summed E-state index contributed by atoms with van der Waals surface area (Å²) in [7, 11) is 0. The second-order valence-corrected chi connectivity index (χ2v) is 14.0. The molecule has 55 heavy (non-hydrogen) atoms. The maximum absolute atomic E-state index is 5.35. The molecule has 9 aromatic carbocycles. The van der Waals surface area contributed by atoms with Crippen LogP contribution >= 0.6 is 0 Å². The van der Waals surface area contributed by atoms with Crippen LogP contribution < -0.4 is 0 Å². The molecule has 0 aliphatic rings. The highest BCUT2D eigenvalue weighted by Gasteiger charge is 2.23. The molecule has 0 saturated heterocycles. The number of hydrogen-bond acceptors (Lipinski definition) is 3. The van der Waals surface area contributed by atoms with Crippen molar-refractivity contribution in [1.29, 1.82) is 0 Å². The number of hydrogen-bond donors (Lipinski definition) is 0. The van der Waals surface area contributed by atoms with Crippen molar-refractivity contribution >= 4 is 54.1 Å². The molecule has 256 valence electrons. The quantitative estimate of drug-likeness (QED) is 0.179. The van der Waals surface area contributed by atoms with Crippen LogP contribution in [0.25, 0.3) is 105 Å². The Kier molecular flexibility index (Phi) is 7.14. The van der Waals surface area contributed by atoms with Crippen LogP contribution in [0.3, 0.4) is 0 Å². The third-order valence-electron chi connectivity index (χ3n) is 10.8. The monoisotopic (exact) mass is 700 g/mol. The fourth-order valence-electron chi connectivity index (χ4n) is 8.30. The molecule has 0 spiro atoms. The summed E-state index contributed by atoms with van der Waals surface area (Å²) in [4.78, 5) is 15.8. The van der Waals surface area contributed by atoms with Gasteiger partial charge in [0.2, 0.25) is 5.95 Å². The van der Waals surface area contributed by atoms with E-state index in [9.17, 15) is 0 Å². The molecule has 0 bridgehead atoms. The van der Waals surface area contributed by atoms with Gasteiger partial charge in [0, 0.05) is 21.9 Å². The molecule has 11 rings (SSSR count). The fraction of sp³-hybridized carbons (Fsp3) is 0. The van der Waals surface area contributed by atoms with Gasteiger partial charge in [-0.25, -0.2) is 4.98 Å². The van der Waals surface area contributed by atoms with E-state index in [4.69, 9.17) is 15.0 Å². The predicted octanol–water partition coefficient (Wildman–Crippen LogP) is 13.1. The van der Waals surface area contributed by atoms with E-state index in [0.717, 1.165) is 38.7 Å². The Hall–Kier alpha value is -7.43. The number of nitrogens with zero attached hydrogens (tertiary/aromatic N) is 4. The van der Waals surface area contributed by atoms with E-state index in [1.807, 2.05) is 18.2 Å². The van der Waals surface area contributed by atoms with Gasteiger partial charge in [-0.15, -0.1) is 0 Å². The second-order valence-electron chi connectivity index (χ2n) is 14.0. The van der Waals surface area contributed by atoms with Gasteiger partial charge in [0.15, 0.2) is 11.6 Å². The minimum Gasteiger partial charge on any atom is -0.278 e. The fourth-order valence-corrected chi connectivity index (χ4v) is 8.30. The van der Waals surface area contributed by atoms with Crippen LogP contribution in [-0.2, 0) is 0 Å². The van der Waals surface area contributed by atoms with E-state index in [2.05, 4.69) is 180 Å². The smallest absolute Gasteiger partial charge is 0.238 e. The summed E-state index contributed by atoms with van der Waals surface area (Å²) in [6.07, 6.45) is 0. The molecule has 0 aliphatic heterocycles. The van der Waals surface area contributed by atoms with Crippen molar-refractivity contribution in [2.24, 2.45) is 0 Å². The Balaban J connectivity index is 1.29. The zero-order valence-electron chi connectivity index (χ0n) is 29.8. The zero-order chi connectivity index (χ0) is 36.3. The summed E-state index contributed by atoms with van der Waals surface area (Å²) in [5.74, 6) is 1.82. The van der Waals surface area contributed by atoms with Crippen LogP contribution in [-0.4, -0.2) is 19.5 Å². The first-order valence-electron chi connectivity index (χ1n) is 18.6. The molecular weight excluding hydrogens is 669 g/mol. The standard InChI is InChI=1S/C51H32N4/c1-4-16-34(17-5-1)39-25-14-26-43-41(39)29-30-45-47(43)48-42-24-13-12-23-40(42)44(35-18-6-2-7-19-35)32-46(48)55(45)51-53-49(36-20-8-3-9-21-36)52-50(54-51)38-28-27-33-15-10-11-22-37(33)31-38/h1-32H. The highest BCUT2D eigenvalue weighted by molar-refractivity contribution is 6.31. The second kappa shape index (κ2) is 12.6. The number of aromatic nitrogens is 4. The summed E-state index contributed by atoms with van der Waals surface area (Å²) in [6.45, 7) is 0. The third kappa shape index (κ3) is 5.11. The topological polar surface area (TPSA) is 43.6 Å². The molecule has 0 N–H and O–H groups in total. The lowest BCUT2D eigenvalue weighted by molar-refractivity contribution is 0.954. The van der Waals surface area contributed by atoms with Gasteiger partial charge >= 0.3 is 0 Å².